The van der Waals surface area contributed by atoms with Crippen LogP contribution in [0.5, 0.6) is 0 Å². The lowest BCUT2D eigenvalue weighted by Gasteiger charge is -2.10. The van der Waals surface area contributed by atoms with Crippen LogP contribution in [-0.4, -0.2) is 33.6 Å². The molecule has 2 aromatic rings. The van der Waals surface area contributed by atoms with Crippen molar-refractivity contribution < 1.29 is 9.90 Å². The Kier molecular flexibility index (Phi) is 6.01. The summed E-state index contributed by atoms with van der Waals surface area (Å²) in [5, 5.41) is 19.9. The minimum Gasteiger partial charge on any atom is -0.391 e. The fourth-order valence-electron chi connectivity index (χ4n) is 2.21. The number of halogens is 1. The summed E-state index contributed by atoms with van der Waals surface area (Å²) >= 11 is 5.99. The highest BCUT2D eigenvalue weighted by atomic mass is 35.5. The monoisotopic (exact) mass is 336 g/mol. The van der Waals surface area contributed by atoms with Crippen molar-refractivity contribution in [1.29, 1.82) is 0 Å². The van der Waals surface area contributed by atoms with Crippen molar-refractivity contribution in [3.05, 3.63) is 41.0 Å². The van der Waals surface area contributed by atoms with Gasteiger partial charge in [0, 0.05) is 23.3 Å². The van der Waals surface area contributed by atoms with Gasteiger partial charge in [-0.15, -0.1) is 5.10 Å². The van der Waals surface area contributed by atoms with E-state index >= 15 is 0 Å². The second-order valence-electron chi connectivity index (χ2n) is 5.34. The minimum absolute atomic E-state index is 0.216. The third-order valence-electron chi connectivity index (χ3n) is 3.30. The van der Waals surface area contributed by atoms with Crippen molar-refractivity contribution in [2.75, 3.05) is 11.9 Å². The molecule has 0 spiro atoms. The third-order valence-corrected chi connectivity index (χ3v) is 3.54. The number of urea groups is 1. The first-order valence-electron chi connectivity index (χ1n) is 7.55. The fraction of sp³-hybridized carbons (Fsp3) is 0.375. The van der Waals surface area contributed by atoms with Gasteiger partial charge in [0.2, 0.25) is 0 Å². The number of amides is 2. The maximum atomic E-state index is 11.8. The van der Waals surface area contributed by atoms with E-state index < -0.39 is 12.1 Å². The number of nitrogens with zero attached hydrogens (tertiary/aromatic N) is 2. The number of aryl methyl sites for hydroxylation is 1. The number of benzene rings is 1. The van der Waals surface area contributed by atoms with Gasteiger partial charge in [-0.1, -0.05) is 31.0 Å². The first-order chi connectivity index (χ1) is 11.0. The zero-order chi connectivity index (χ0) is 16.8. The molecule has 0 fully saturated rings. The number of anilines is 1. The highest BCUT2D eigenvalue weighted by Crippen LogP contribution is 2.18. The van der Waals surface area contributed by atoms with Crippen molar-refractivity contribution >= 4 is 23.4 Å². The molecule has 2 amide bonds. The lowest BCUT2D eigenvalue weighted by Crippen LogP contribution is -2.35. The molecule has 124 valence electrons. The van der Waals surface area contributed by atoms with Crippen molar-refractivity contribution in [1.82, 2.24) is 15.1 Å². The zero-order valence-corrected chi connectivity index (χ0v) is 14.0. The topological polar surface area (TPSA) is 79.2 Å². The minimum atomic E-state index is -0.531. The summed E-state index contributed by atoms with van der Waals surface area (Å²) in [6.07, 6.45) is 0.993. The summed E-state index contributed by atoms with van der Waals surface area (Å²) in [4.78, 5) is 11.8. The molecule has 1 aromatic carbocycles. The van der Waals surface area contributed by atoms with Crippen LogP contribution in [0.15, 0.2) is 30.3 Å². The molecule has 0 bridgehead atoms. The molecule has 1 atom stereocenters. The number of nitrogens with one attached hydrogen (secondary N) is 2. The molecule has 0 saturated carbocycles. The molecular formula is C16H21ClN4O2. The maximum absolute atomic E-state index is 11.8. The number of carbonyl (C=O) groups excluding carboxylic acids is 1. The normalized spacial score (nSPS) is 12.0. The van der Waals surface area contributed by atoms with Gasteiger partial charge in [0.05, 0.1) is 11.8 Å². The third kappa shape index (κ3) is 4.97. The zero-order valence-electron chi connectivity index (χ0n) is 13.2. The van der Waals surface area contributed by atoms with E-state index in [9.17, 15) is 9.90 Å². The molecule has 23 heavy (non-hydrogen) atoms. The van der Waals surface area contributed by atoms with Crippen LogP contribution in [-0.2, 0) is 0 Å². The molecule has 0 saturated heterocycles. The molecule has 1 aromatic heterocycles. The summed E-state index contributed by atoms with van der Waals surface area (Å²) in [6, 6.07) is 8.69. The van der Waals surface area contributed by atoms with Gasteiger partial charge in [0.25, 0.3) is 0 Å². The number of aliphatic hydroxyl groups is 1. The van der Waals surface area contributed by atoms with E-state index in [4.69, 9.17) is 11.6 Å². The summed E-state index contributed by atoms with van der Waals surface area (Å²) < 4.78 is 1.70. The SMILES string of the molecule is CCCC(O)CNC(=O)Nc1cc(C)n(-c2cccc(Cl)c2)n1. The lowest BCUT2D eigenvalue weighted by atomic mass is 10.2. The van der Waals surface area contributed by atoms with E-state index in [0.717, 1.165) is 17.8 Å². The van der Waals surface area contributed by atoms with Gasteiger partial charge in [0.1, 0.15) is 0 Å². The van der Waals surface area contributed by atoms with Crippen LogP contribution in [0.25, 0.3) is 5.69 Å². The molecule has 3 N–H and O–H groups in total. The first kappa shape index (κ1) is 17.3. The number of aromatic nitrogens is 2. The highest BCUT2D eigenvalue weighted by Gasteiger charge is 2.10. The van der Waals surface area contributed by atoms with Gasteiger partial charge >= 0.3 is 6.03 Å². The molecule has 0 radical (unpaired) electrons. The van der Waals surface area contributed by atoms with Gasteiger partial charge in [-0.25, -0.2) is 9.48 Å². The predicted molar refractivity (Wildman–Crippen MR) is 91.2 cm³/mol. The largest absolute Gasteiger partial charge is 0.391 e. The van der Waals surface area contributed by atoms with Gasteiger partial charge in [-0.3, -0.25) is 5.32 Å². The van der Waals surface area contributed by atoms with Crippen molar-refractivity contribution in [2.24, 2.45) is 0 Å². The molecule has 1 unspecified atom stereocenters. The maximum Gasteiger partial charge on any atom is 0.320 e. The Balaban J connectivity index is 1.99. The molecule has 7 heteroatoms. The molecular weight excluding hydrogens is 316 g/mol. The molecule has 1 heterocycles. The Hall–Kier alpha value is -2.05. The van der Waals surface area contributed by atoms with Crippen LogP contribution >= 0.6 is 11.6 Å². The number of hydrogen-bond acceptors (Lipinski definition) is 3. The second kappa shape index (κ2) is 7.99. The van der Waals surface area contributed by atoms with E-state index in [1.54, 1.807) is 22.9 Å². The Morgan fingerprint density at radius 2 is 2.22 bits per heavy atom. The average Bonchev–Trinajstić information content (AvgIpc) is 2.86. The fourth-order valence-corrected chi connectivity index (χ4v) is 2.40. The van der Waals surface area contributed by atoms with E-state index in [1.165, 1.54) is 0 Å². The number of aliphatic hydroxyl groups excluding tert-OH is 1. The smallest absolute Gasteiger partial charge is 0.320 e. The molecule has 2 rings (SSSR count). The summed E-state index contributed by atoms with van der Waals surface area (Å²) in [6.45, 7) is 4.09. The first-order valence-corrected chi connectivity index (χ1v) is 7.93. The van der Waals surface area contributed by atoms with Crippen LogP contribution < -0.4 is 10.6 Å². The van der Waals surface area contributed by atoms with E-state index in [0.29, 0.717) is 17.3 Å². The summed E-state index contributed by atoms with van der Waals surface area (Å²) in [5.74, 6) is 0.435. The average molecular weight is 337 g/mol. The Labute approximate surface area is 140 Å². The van der Waals surface area contributed by atoms with Crippen LogP contribution in [0.1, 0.15) is 25.5 Å². The van der Waals surface area contributed by atoms with Gasteiger partial charge < -0.3 is 10.4 Å². The molecule has 0 aliphatic rings. The van der Waals surface area contributed by atoms with Crippen molar-refractivity contribution in [2.45, 2.75) is 32.8 Å². The lowest BCUT2D eigenvalue weighted by molar-refractivity contribution is 0.162. The Morgan fingerprint density at radius 1 is 1.43 bits per heavy atom. The standard InChI is InChI=1S/C16H21ClN4O2/c1-3-5-14(22)10-18-16(23)19-15-8-11(2)21(20-15)13-7-4-6-12(17)9-13/h4,6-9,14,22H,3,5,10H2,1-2H3,(H2,18,19,20,23). The molecule has 0 aliphatic carbocycles. The van der Waals surface area contributed by atoms with Crippen LogP contribution in [0, 0.1) is 6.92 Å². The van der Waals surface area contributed by atoms with Crippen LogP contribution in [0.3, 0.4) is 0 Å². The predicted octanol–water partition coefficient (Wildman–Crippen LogP) is 3.12. The van der Waals surface area contributed by atoms with Crippen LogP contribution in [0.4, 0.5) is 10.6 Å². The van der Waals surface area contributed by atoms with Crippen molar-refractivity contribution in [3.8, 4) is 5.69 Å². The van der Waals surface area contributed by atoms with E-state index in [1.807, 2.05) is 26.0 Å². The van der Waals surface area contributed by atoms with Gasteiger partial charge in [-0.2, -0.15) is 0 Å². The van der Waals surface area contributed by atoms with E-state index in [2.05, 4.69) is 15.7 Å². The second-order valence-corrected chi connectivity index (χ2v) is 5.78. The van der Waals surface area contributed by atoms with Gasteiger partial charge in [-0.05, 0) is 31.5 Å². The summed E-state index contributed by atoms with van der Waals surface area (Å²) in [5.41, 5.74) is 1.69. The van der Waals surface area contributed by atoms with Gasteiger partial charge in [0.15, 0.2) is 5.82 Å². The Morgan fingerprint density at radius 3 is 2.91 bits per heavy atom. The molecule has 0 aliphatic heterocycles. The number of rotatable bonds is 6. The highest BCUT2D eigenvalue weighted by molar-refractivity contribution is 6.30. The Bertz CT molecular complexity index is 672. The van der Waals surface area contributed by atoms with Crippen LogP contribution in [0.2, 0.25) is 5.02 Å². The molecule has 6 nitrogen and oxygen atoms in total. The van der Waals surface area contributed by atoms with Crippen molar-refractivity contribution in [3.63, 3.8) is 0 Å². The van der Waals surface area contributed by atoms with E-state index in [-0.39, 0.29) is 6.54 Å². The quantitative estimate of drug-likeness (QED) is 0.758. The summed E-state index contributed by atoms with van der Waals surface area (Å²) in [7, 11) is 0. The number of hydrogen-bond donors (Lipinski definition) is 3. The number of carbonyl (C=O) groups is 1.